The van der Waals surface area contributed by atoms with Crippen molar-refractivity contribution in [3.05, 3.63) is 0 Å². The number of carbonyl (C=O) groups excluding carboxylic acids is 2. The Labute approximate surface area is 98.2 Å². The van der Waals surface area contributed by atoms with Crippen molar-refractivity contribution in [3.63, 3.8) is 0 Å². The van der Waals surface area contributed by atoms with E-state index in [4.69, 9.17) is 0 Å². The molecule has 0 rings (SSSR count). The molecule has 16 heavy (non-hydrogen) atoms. The number of hydrogen-bond acceptors (Lipinski definition) is 3. The van der Waals surface area contributed by atoms with E-state index in [0.717, 1.165) is 25.7 Å². The quantitative estimate of drug-likeness (QED) is 0.520. The van der Waals surface area contributed by atoms with Crippen LogP contribution in [0.1, 0.15) is 64.2 Å². The number of hydrogen-bond donors (Lipinski definition) is 1. The molecular weight excluding hydrogens is 204 g/mol. The number of aliphatic hydroxyl groups is 1. The second-order valence-electron chi connectivity index (χ2n) is 4.16. The number of rotatable bonds is 12. The molecule has 0 aromatic carbocycles. The molecule has 0 fully saturated rings. The molecule has 0 aliphatic rings. The first-order valence-electron chi connectivity index (χ1n) is 6.19. The summed E-state index contributed by atoms with van der Waals surface area (Å²) in [5, 5.41) is 9.25. The Morgan fingerprint density at radius 3 is 1.94 bits per heavy atom. The summed E-state index contributed by atoms with van der Waals surface area (Å²) >= 11 is 0. The maximum Gasteiger partial charge on any atom is 0.201 e. The lowest BCUT2D eigenvalue weighted by Crippen LogP contribution is -2.06. The van der Waals surface area contributed by atoms with E-state index in [0.29, 0.717) is 12.8 Å². The molecule has 0 saturated carbocycles. The Kier molecular flexibility index (Phi) is 11.8. The van der Waals surface area contributed by atoms with Crippen molar-refractivity contribution >= 4 is 12.6 Å². The monoisotopic (exact) mass is 226 g/mol. The zero-order valence-electron chi connectivity index (χ0n) is 9.91. The van der Waals surface area contributed by atoms with Gasteiger partial charge in [0.1, 0.15) is 0 Å². The molecule has 0 spiro atoms. The van der Waals surface area contributed by atoms with Crippen LogP contribution < -0.4 is 0 Å². The number of unbranched alkanes of at least 4 members (excludes halogenated alkanes) is 7. The molecule has 3 nitrogen and oxygen atoms in total. The van der Waals surface area contributed by atoms with Crippen LogP contribution in [-0.4, -0.2) is 23.8 Å². The first kappa shape index (κ1) is 15.3. The van der Waals surface area contributed by atoms with Crippen LogP contribution in [0.15, 0.2) is 0 Å². The molecule has 1 atom stereocenters. The summed E-state index contributed by atoms with van der Waals surface area (Å²) in [7, 11) is 0. The molecule has 0 saturated heterocycles. The SMILES string of the molecule is O=[C]CCCCCCCCCC(O)C[C]=O. The summed E-state index contributed by atoms with van der Waals surface area (Å²) < 4.78 is 0. The van der Waals surface area contributed by atoms with Gasteiger partial charge >= 0.3 is 0 Å². The highest BCUT2D eigenvalue weighted by atomic mass is 16.3. The van der Waals surface area contributed by atoms with E-state index in [9.17, 15) is 14.7 Å². The smallest absolute Gasteiger partial charge is 0.201 e. The van der Waals surface area contributed by atoms with Crippen molar-refractivity contribution in [2.24, 2.45) is 0 Å². The van der Waals surface area contributed by atoms with Gasteiger partial charge in [0.25, 0.3) is 0 Å². The van der Waals surface area contributed by atoms with Gasteiger partial charge in [-0.1, -0.05) is 38.5 Å². The van der Waals surface area contributed by atoms with Gasteiger partial charge in [0.2, 0.25) is 6.29 Å². The van der Waals surface area contributed by atoms with Gasteiger partial charge in [-0.3, -0.25) is 9.59 Å². The Morgan fingerprint density at radius 2 is 1.38 bits per heavy atom. The highest BCUT2D eigenvalue weighted by Crippen LogP contribution is 2.10. The van der Waals surface area contributed by atoms with Crippen LogP contribution in [0.4, 0.5) is 0 Å². The fourth-order valence-corrected chi connectivity index (χ4v) is 1.66. The maximum atomic E-state index is 9.96. The van der Waals surface area contributed by atoms with Gasteiger partial charge in [-0.05, 0) is 12.8 Å². The molecule has 0 amide bonds. The van der Waals surface area contributed by atoms with E-state index in [-0.39, 0.29) is 6.42 Å². The molecule has 0 bridgehead atoms. The molecular formula is C13H22O3. The molecule has 2 radical (unpaired) electrons. The van der Waals surface area contributed by atoms with Gasteiger partial charge in [0, 0.05) is 12.8 Å². The van der Waals surface area contributed by atoms with Gasteiger partial charge < -0.3 is 5.11 Å². The van der Waals surface area contributed by atoms with E-state index in [1.165, 1.54) is 19.3 Å². The first-order valence-corrected chi connectivity index (χ1v) is 6.19. The van der Waals surface area contributed by atoms with Crippen LogP contribution in [0.5, 0.6) is 0 Å². The molecule has 92 valence electrons. The zero-order chi connectivity index (χ0) is 12.1. The summed E-state index contributed by atoms with van der Waals surface area (Å²) in [6, 6.07) is 0. The van der Waals surface area contributed by atoms with Gasteiger partial charge in [0.05, 0.1) is 6.10 Å². The van der Waals surface area contributed by atoms with Crippen molar-refractivity contribution in [1.29, 1.82) is 0 Å². The Bertz CT molecular complexity index is 169. The molecule has 1 unspecified atom stereocenters. The van der Waals surface area contributed by atoms with Gasteiger partial charge in [-0.25, -0.2) is 0 Å². The lowest BCUT2D eigenvalue weighted by atomic mass is 10.0. The van der Waals surface area contributed by atoms with Crippen LogP contribution >= 0.6 is 0 Å². The molecule has 1 N–H and O–H groups in total. The third kappa shape index (κ3) is 11.4. The first-order chi connectivity index (χ1) is 7.81. The molecule has 0 aromatic heterocycles. The Morgan fingerprint density at radius 1 is 0.812 bits per heavy atom. The molecule has 3 heteroatoms. The summed E-state index contributed by atoms with van der Waals surface area (Å²) in [4.78, 5) is 19.9. The van der Waals surface area contributed by atoms with Gasteiger partial charge in [-0.15, -0.1) is 0 Å². The van der Waals surface area contributed by atoms with Crippen LogP contribution in [-0.2, 0) is 9.59 Å². The maximum absolute atomic E-state index is 9.96. The van der Waals surface area contributed by atoms with Gasteiger partial charge in [0.15, 0.2) is 6.29 Å². The number of aliphatic hydroxyl groups excluding tert-OH is 1. The summed E-state index contributed by atoms with van der Waals surface area (Å²) in [6.07, 6.45) is 12.2. The van der Waals surface area contributed by atoms with E-state index < -0.39 is 6.10 Å². The van der Waals surface area contributed by atoms with Crippen LogP contribution in [0, 0.1) is 0 Å². The molecule has 0 aromatic rings. The minimum Gasteiger partial charge on any atom is -0.393 e. The highest BCUT2D eigenvalue weighted by Gasteiger charge is 2.02. The van der Waals surface area contributed by atoms with Crippen molar-refractivity contribution in [3.8, 4) is 0 Å². The lowest BCUT2D eigenvalue weighted by Gasteiger charge is -2.05. The fourth-order valence-electron chi connectivity index (χ4n) is 1.66. The standard InChI is InChI=1S/C13H22O3/c14-11-8-6-4-2-1-3-5-7-9-13(16)10-12-15/h13,16H,1-10H2. The molecule has 0 aliphatic heterocycles. The minimum absolute atomic E-state index is 0.141. The molecule has 0 heterocycles. The normalized spacial score (nSPS) is 12.3. The van der Waals surface area contributed by atoms with Crippen molar-refractivity contribution in [2.75, 3.05) is 0 Å². The molecule has 0 aliphatic carbocycles. The fraction of sp³-hybridized carbons (Fsp3) is 0.846. The average Bonchev–Trinajstić information content (AvgIpc) is 2.27. The van der Waals surface area contributed by atoms with Crippen molar-refractivity contribution in [2.45, 2.75) is 70.3 Å². The van der Waals surface area contributed by atoms with Crippen LogP contribution in [0.2, 0.25) is 0 Å². The third-order valence-corrected chi connectivity index (χ3v) is 2.64. The van der Waals surface area contributed by atoms with Crippen molar-refractivity contribution < 1.29 is 14.7 Å². The van der Waals surface area contributed by atoms with E-state index in [1.54, 1.807) is 6.29 Å². The Balaban J connectivity index is 3.03. The average molecular weight is 226 g/mol. The second-order valence-corrected chi connectivity index (χ2v) is 4.16. The Hall–Kier alpha value is -0.700. The second kappa shape index (κ2) is 12.4. The minimum atomic E-state index is -0.499. The van der Waals surface area contributed by atoms with E-state index in [1.807, 2.05) is 6.29 Å². The van der Waals surface area contributed by atoms with E-state index >= 15 is 0 Å². The highest BCUT2D eigenvalue weighted by molar-refractivity contribution is 5.51. The largest absolute Gasteiger partial charge is 0.393 e. The topological polar surface area (TPSA) is 54.4 Å². The summed E-state index contributed by atoms with van der Waals surface area (Å²) in [5.41, 5.74) is 0. The van der Waals surface area contributed by atoms with Gasteiger partial charge in [-0.2, -0.15) is 0 Å². The third-order valence-electron chi connectivity index (χ3n) is 2.64. The predicted octanol–water partition coefficient (Wildman–Crippen LogP) is 2.47. The van der Waals surface area contributed by atoms with E-state index in [2.05, 4.69) is 0 Å². The van der Waals surface area contributed by atoms with Crippen molar-refractivity contribution in [1.82, 2.24) is 0 Å². The predicted molar refractivity (Wildman–Crippen MR) is 63.6 cm³/mol. The van der Waals surface area contributed by atoms with Crippen LogP contribution in [0.3, 0.4) is 0 Å². The summed E-state index contributed by atoms with van der Waals surface area (Å²) in [5.74, 6) is 0. The van der Waals surface area contributed by atoms with Crippen LogP contribution in [0.25, 0.3) is 0 Å². The zero-order valence-corrected chi connectivity index (χ0v) is 9.91. The summed E-state index contributed by atoms with van der Waals surface area (Å²) in [6.45, 7) is 0. The lowest BCUT2D eigenvalue weighted by molar-refractivity contribution is 0.167.